The first kappa shape index (κ1) is 19.1. The third-order valence-electron chi connectivity index (χ3n) is 3.51. The second-order valence-electron chi connectivity index (χ2n) is 4.99. The highest BCUT2D eigenvalue weighted by atomic mass is 35.5. The quantitative estimate of drug-likeness (QED) is 0.569. The molecule has 1 heterocycles. The Morgan fingerprint density at radius 2 is 1.92 bits per heavy atom. The minimum absolute atomic E-state index is 0.170. The second kappa shape index (κ2) is 7.79. The van der Waals surface area contributed by atoms with Crippen molar-refractivity contribution in [2.75, 3.05) is 21.3 Å². The number of thioether (sulfide) groups is 1. The lowest BCUT2D eigenvalue weighted by Crippen LogP contribution is -2.42. The van der Waals surface area contributed by atoms with E-state index in [9.17, 15) is 14.4 Å². The molecule has 0 unspecified atom stereocenters. The molecule has 0 spiro atoms. The van der Waals surface area contributed by atoms with Gasteiger partial charge >= 0.3 is 5.97 Å². The van der Waals surface area contributed by atoms with Crippen molar-refractivity contribution in [3.8, 4) is 11.5 Å². The van der Waals surface area contributed by atoms with Gasteiger partial charge in [-0.25, -0.2) is 4.79 Å². The molecule has 1 aromatic carbocycles. The first-order valence-electron chi connectivity index (χ1n) is 7.10. The fourth-order valence-electron chi connectivity index (χ4n) is 2.26. The number of amides is 2. The van der Waals surface area contributed by atoms with Gasteiger partial charge in [-0.3, -0.25) is 14.5 Å². The van der Waals surface area contributed by atoms with E-state index in [0.29, 0.717) is 22.1 Å². The average molecular weight is 386 g/mol. The monoisotopic (exact) mass is 385 g/mol. The molecule has 2 rings (SSSR count). The van der Waals surface area contributed by atoms with Crippen molar-refractivity contribution >= 4 is 46.6 Å². The van der Waals surface area contributed by atoms with E-state index in [0.717, 1.165) is 16.7 Å². The Kier molecular flexibility index (Phi) is 5.97. The summed E-state index contributed by atoms with van der Waals surface area (Å²) < 4.78 is 14.9. The zero-order valence-corrected chi connectivity index (χ0v) is 15.6. The fraction of sp³-hybridized carbons (Fsp3) is 0.312. The first-order chi connectivity index (χ1) is 11.8. The summed E-state index contributed by atoms with van der Waals surface area (Å²) in [7, 11) is 4.12. The number of carbonyl (C=O) groups is 3. The van der Waals surface area contributed by atoms with Gasteiger partial charge in [-0.15, -0.1) is 0 Å². The largest absolute Gasteiger partial charge is 0.493 e. The van der Waals surface area contributed by atoms with E-state index in [1.807, 2.05) is 0 Å². The molecule has 1 fully saturated rings. The number of esters is 1. The number of nitrogens with zero attached hydrogens (tertiary/aromatic N) is 1. The summed E-state index contributed by atoms with van der Waals surface area (Å²) in [6.07, 6.45) is 1.50. The van der Waals surface area contributed by atoms with Crippen LogP contribution in [0.25, 0.3) is 6.08 Å². The number of hydrogen-bond donors (Lipinski definition) is 0. The van der Waals surface area contributed by atoms with Crippen LogP contribution < -0.4 is 9.47 Å². The highest BCUT2D eigenvalue weighted by Crippen LogP contribution is 2.39. The highest BCUT2D eigenvalue weighted by Gasteiger charge is 2.41. The third kappa shape index (κ3) is 3.74. The van der Waals surface area contributed by atoms with E-state index >= 15 is 0 Å². The van der Waals surface area contributed by atoms with Crippen molar-refractivity contribution in [1.82, 2.24) is 4.90 Å². The van der Waals surface area contributed by atoms with E-state index in [1.54, 1.807) is 12.1 Å². The van der Waals surface area contributed by atoms with E-state index in [-0.39, 0.29) is 4.91 Å². The maximum atomic E-state index is 12.5. The van der Waals surface area contributed by atoms with Gasteiger partial charge in [-0.05, 0) is 42.5 Å². The summed E-state index contributed by atoms with van der Waals surface area (Å²) in [6.45, 7) is 1.43. The molecule has 0 N–H and O–H groups in total. The highest BCUT2D eigenvalue weighted by molar-refractivity contribution is 8.18. The molecule has 134 valence electrons. The predicted octanol–water partition coefficient (Wildman–Crippen LogP) is 2.96. The summed E-state index contributed by atoms with van der Waals surface area (Å²) in [5, 5.41) is -0.240. The molecule has 1 aliphatic rings. The van der Waals surface area contributed by atoms with E-state index in [1.165, 1.54) is 34.3 Å². The Morgan fingerprint density at radius 1 is 1.24 bits per heavy atom. The Bertz CT molecular complexity index is 763. The number of rotatable bonds is 5. The molecule has 9 heteroatoms. The molecule has 1 saturated heterocycles. The van der Waals surface area contributed by atoms with Gasteiger partial charge in [0.25, 0.3) is 11.1 Å². The molecule has 0 bridgehead atoms. The minimum Gasteiger partial charge on any atom is -0.493 e. The topological polar surface area (TPSA) is 82.1 Å². The van der Waals surface area contributed by atoms with Crippen molar-refractivity contribution in [1.29, 1.82) is 0 Å². The molecule has 0 saturated carbocycles. The standard InChI is InChI=1S/C16H16ClNO6S/c1-8(15(20)24-4)18-14(19)12(25-16(18)21)7-9-5-10(17)13(23-3)11(6-9)22-2/h5-8H,1-4H3/b12-7+/t8-/m0/s1. The normalized spacial score (nSPS) is 17.0. The molecule has 25 heavy (non-hydrogen) atoms. The summed E-state index contributed by atoms with van der Waals surface area (Å²) in [5.74, 6) is -0.478. The number of halogens is 1. The van der Waals surface area contributed by atoms with Gasteiger partial charge in [0.15, 0.2) is 11.5 Å². The van der Waals surface area contributed by atoms with Crippen molar-refractivity contribution in [2.45, 2.75) is 13.0 Å². The van der Waals surface area contributed by atoms with Crippen molar-refractivity contribution in [3.63, 3.8) is 0 Å². The number of carbonyl (C=O) groups excluding carboxylic acids is 3. The number of methoxy groups -OCH3 is 3. The van der Waals surface area contributed by atoms with Crippen LogP contribution in [-0.4, -0.2) is 49.4 Å². The molecule has 1 aromatic rings. The van der Waals surface area contributed by atoms with Crippen LogP contribution in [0.5, 0.6) is 11.5 Å². The van der Waals surface area contributed by atoms with E-state index < -0.39 is 23.2 Å². The molecule has 1 atom stereocenters. The summed E-state index contributed by atoms with van der Waals surface area (Å²) in [6, 6.07) is 2.21. The maximum absolute atomic E-state index is 12.5. The van der Waals surface area contributed by atoms with Gasteiger partial charge in [-0.1, -0.05) is 11.6 Å². The summed E-state index contributed by atoms with van der Waals surface area (Å²) in [4.78, 5) is 37.2. The Hall–Kier alpha value is -2.19. The molecular weight excluding hydrogens is 370 g/mol. The van der Waals surface area contributed by atoms with Crippen LogP contribution in [-0.2, 0) is 14.3 Å². The Morgan fingerprint density at radius 3 is 2.48 bits per heavy atom. The Balaban J connectivity index is 2.37. The van der Waals surface area contributed by atoms with Crippen LogP contribution in [0, 0.1) is 0 Å². The Labute approximate surface area is 153 Å². The molecule has 7 nitrogen and oxygen atoms in total. The fourth-order valence-corrected chi connectivity index (χ4v) is 3.47. The molecule has 0 aromatic heterocycles. The van der Waals surface area contributed by atoms with Crippen LogP contribution in [0.15, 0.2) is 17.0 Å². The number of imide groups is 1. The van der Waals surface area contributed by atoms with Gasteiger partial charge in [0.05, 0.1) is 31.3 Å². The lowest BCUT2D eigenvalue weighted by atomic mass is 10.1. The van der Waals surface area contributed by atoms with Crippen LogP contribution >= 0.6 is 23.4 Å². The molecule has 1 aliphatic heterocycles. The SMILES string of the molecule is COC(=O)[C@H](C)N1C(=O)S/C(=C/c2cc(Cl)c(OC)c(OC)c2)C1=O. The summed E-state index contributed by atoms with van der Waals surface area (Å²) >= 11 is 6.88. The number of hydrogen-bond acceptors (Lipinski definition) is 7. The van der Waals surface area contributed by atoms with Gasteiger partial charge in [-0.2, -0.15) is 0 Å². The lowest BCUT2D eigenvalue weighted by molar-refractivity contribution is -0.148. The predicted molar refractivity (Wildman–Crippen MR) is 93.8 cm³/mol. The van der Waals surface area contributed by atoms with E-state index in [4.69, 9.17) is 21.1 Å². The van der Waals surface area contributed by atoms with Crippen LogP contribution in [0.2, 0.25) is 5.02 Å². The van der Waals surface area contributed by atoms with Gasteiger partial charge in [0.2, 0.25) is 0 Å². The van der Waals surface area contributed by atoms with E-state index in [2.05, 4.69) is 4.74 Å². The molecule has 0 radical (unpaired) electrons. The molecule has 2 amide bonds. The molecular formula is C16H16ClNO6S. The number of ether oxygens (including phenoxy) is 3. The smallest absolute Gasteiger partial charge is 0.328 e. The second-order valence-corrected chi connectivity index (χ2v) is 6.39. The van der Waals surface area contributed by atoms with Gasteiger partial charge in [0.1, 0.15) is 6.04 Å². The molecule has 0 aliphatic carbocycles. The van der Waals surface area contributed by atoms with Gasteiger partial charge < -0.3 is 14.2 Å². The lowest BCUT2D eigenvalue weighted by Gasteiger charge is -2.18. The maximum Gasteiger partial charge on any atom is 0.328 e. The zero-order chi connectivity index (χ0) is 18.7. The van der Waals surface area contributed by atoms with Crippen molar-refractivity contribution in [3.05, 3.63) is 27.6 Å². The van der Waals surface area contributed by atoms with Crippen molar-refractivity contribution in [2.24, 2.45) is 0 Å². The number of benzene rings is 1. The zero-order valence-electron chi connectivity index (χ0n) is 14.0. The third-order valence-corrected chi connectivity index (χ3v) is 4.67. The average Bonchev–Trinajstić information content (AvgIpc) is 2.86. The van der Waals surface area contributed by atoms with Gasteiger partial charge in [0, 0.05) is 0 Å². The van der Waals surface area contributed by atoms with Crippen LogP contribution in [0.3, 0.4) is 0 Å². The van der Waals surface area contributed by atoms with Crippen molar-refractivity contribution < 1.29 is 28.6 Å². The first-order valence-corrected chi connectivity index (χ1v) is 8.29. The van der Waals surface area contributed by atoms with Crippen LogP contribution in [0.4, 0.5) is 4.79 Å². The van der Waals surface area contributed by atoms with Crippen LogP contribution in [0.1, 0.15) is 12.5 Å². The summed E-state index contributed by atoms with van der Waals surface area (Å²) in [5.41, 5.74) is 0.555. The minimum atomic E-state index is -1.00.